The van der Waals surface area contributed by atoms with E-state index in [1.165, 1.54) is 0 Å². The summed E-state index contributed by atoms with van der Waals surface area (Å²) in [6.45, 7) is 0. The van der Waals surface area contributed by atoms with E-state index in [1.54, 1.807) is 72.6 Å². The Kier molecular flexibility index (Phi) is 13.6. The van der Waals surface area contributed by atoms with Crippen molar-refractivity contribution in [2.45, 2.75) is 37.4 Å². The van der Waals surface area contributed by atoms with Crippen LogP contribution in [0.15, 0.2) is 125 Å². The van der Waals surface area contributed by atoms with Crippen LogP contribution in [0.5, 0.6) is 0 Å². The van der Waals surface area contributed by atoms with Gasteiger partial charge in [-0.05, 0) is 59.6 Å². The van der Waals surface area contributed by atoms with E-state index in [0.29, 0.717) is 50.6 Å². The van der Waals surface area contributed by atoms with Gasteiger partial charge in [0.25, 0.3) is 5.91 Å². The molecule has 7 rings (SSSR count). The molecule has 3 atom stereocenters. The second-order valence-electron chi connectivity index (χ2n) is 13.8. The first-order valence-corrected chi connectivity index (χ1v) is 19.7. The molecule has 6 aromatic rings. The molecule has 9 nitrogen and oxygen atoms in total. The Morgan fingerprint density at radius 1 is 0.579 bits per heavy atom. The predicted molar refractivity (Wildman–Crippen MR) is 222 cm³/mol. The molecule has 0 spiro atoms. The maximum Gasteiger partial charge on any atom is 3.00 e. The number of hydrogen-bond acceptors (Lipinski definition) is 6. The number of aromatic nitrogens is 3. The van der Waals surface area contributed by atoms with E-state index in [1.807, 2.05) is 78.9 Å². The number of rotatable bonds is 9. The molecule has 0 saturated heterocycles. The van der Waals surface area contributed by atoms with E-state index in [2.05, 4.69) is 65.0 Å². The number of carbonyl (C=O) groups is 3. The van der Waals surface area contributed by atoms with E-state index in [-0.39, 0.29) is 56.0 Å². The largest absolute Gasteiger partial charge is 3.00 e. The van der Waals surface area contributed by atoms with Crippen molar-refractivity contribution in [3.8, 4) is 33.8 Å². The Balaban J connectivity index is 0.00000549. The normalized spacial score (nSPS) is 16.2. The summed E-state index contributed by atoms with van der Waals surface area (Å²) in [6, 6.07) is 38.2. The van der Waals surface area contributed by atoms with Gasteiger partial charge in [-0.3, -0.25) is 14.4 Å². The molecule has 3 aromatic carbocycles. The first-order valence-electron chi connectivity index (χ1n) is 18.1. The summed E-state index contributed by atoms with van der Waals surface area (Å²) in [5, 5.41) is 0. The summed E-state index contributed by atoms with van der Waals surface area (Å²) >= 11 is 7.24. The molecule has 57 heavy (non-hydrogen) atoms. The molecular weight excluding hydrogens is 1020 g/mol. The minimum absolute atomic E-state index is 0. The van der Waals surface area contributed by atoms with Gasteiger partial charge in [0, 0.05) is 62.3 Å². The van der Waals surface area contributed by atoms with Gasteiger partial charge in [0.1, 0.15) is 0 Å². The van der Waals surface area contributed by atoms with Crippen LogP contribution in [0.25, 0.3) is 33.8 Å². The fraction of sp³-hybridized carbons (Fsp3) is 0.200. The topological polar surface area (TPSA) is 99.6 Å². The molecule has 3 heterocycles. The van der Waals surface area contributed by atoms with E-state index in [9.17, 15) is 14.4 Å². The molecule has 3 amide bonds. The summed E-state index contributed by atoms with van der Waals surface area (Å²) in [5.74, 6) is -0.598. The summed E-state index contributed by atoms with van der Waals surface area (Å²) in [4.78, 5) is 61.0. The molecule has 0 N–H and O–H groups in total. The molecule has 0 radical (unpaired) electrons. The molecule has 1 fully saturated rings. The minimum atomic E-state index is -0.314. The van der Waals surface area contributed by atoms with Gasteiger partial charge >= 0.3 is 20.1 Å². The SMILES string of the molecule is CN(C(=O)c1c[c-]c(-c2ccccn2)cc1)C1CC(N(C)C(=O)c2c[c-]c(-c3ccccn3)cc2Br)CC(N(C)C(=O)c2cnc(-c3[c-]cccc3)cc2Br)C1.[Ir+3]. The van der Waals surface area contributed by atoms with Crippen molar-refractivity contribution < 1.29 is 34.5 Å². The third kappa shape index (κ3) is 9.31. The van der Waals surface area contributed by atoms with Gasteiger partial charge < -0.3 is 29.7 Å². The number of carbonyl (C=O) groups excluding carboxylic acids is 3. The molecule has 288 valence electrons. The quantitative estimate of drug-likeness (QED) is 0.135. The van der Waals surface area contributed by atoms with Gasteiger partial charge in [0.2, 0.25) is 11.8 Å². The number of nitrogens with zero attached hydrogens (tertiary/aromatic N) is 6. The van der Waals surface area contributed by atoms with Crippen LogP contribution < -0.4 is 0 Å². The van der Waals surface area contributed by atoms with Crippen LogP contribution in [-0.2, 0) is 20.1 Å². The number of benzene rings is 3. The van der Waals surface area contributed by atoms with Crippen LogP contribution in [0.3, 0.4) is 0 Å². The summed E-state index contributed by atoms with van der Waals surface area (Å²) in [6.07, 6.45) is 6.54. The summed E-state index contributed by atoms with van der Waals surface area (Å²) in [5.41, 5.74) is 5.92. The van der Waals surface area contributed by atoms with Crippen molar-refractivity contribution in [3.05, 3.63) is 159 Å². The minimum Gasteiger partial charge on any atom is -0.346 e. The van der Waals surface area contributed by atoms with Crippen LogP contribution in [-0.4, -0.2) is 86.6 Å². The van der Waals surface area contributed by atoms with Crippen molar-refractivity contribution in [2.24, 2.45) is 0 Å². The maximum atomic E-state index is 14.2. The zero-order valence-electron chi connectivity index (χ0n) is 31.3. The van der Waals surface area contributed by atoms with Crippen molar-refractivity contribution in [1.82, 2.24) is 29.7 Å². The Labute approximate surface area is 363 Å². The molecule has 1 aliphatic rings. The fourth-order valence-corrected chi connectivity index (χ4v) is 8.09. The third-order valence-electron chi connectivity index (χ3n) is 10.4. The van der Waals surface area contributed by atoms with Gasteiger partial charge in [-0.25, -0.2) is 0 Å². The molecule has 3 unspecified atom stereocenters. The van der Waals surface area contributed by atoms with E-state index < -0.39 is 0 Å². The van der Waals surface area contributed by atoms with E-state index in [4.69, 9.17) is 0 Å². The van der Waals surface area contributed by atoms with Gasteiger partial charge in [0.15, 0.2) is 0 Å². The Bertz CT molecular complexity index is 2240. The average molecular weight is 1060 g/mol. The molecule has 3 aromatic heterocycles. The average Bonchev–Trinajstić information content (AvgIpc) is 3.25. The summed E-state index contributed by atoms with van der Waals surface area (Å²) < 4.78 is 1.23. The molecule has 12 heteroatoms. The van der Waals surface area contributed by atoms with Crippen molar-refractivity contribution >= 4 is 49.6 Å². The summed E-state index contributed by atoms with van der Waals surface area (Å²) in [7, 11) is 5.33. The van der Waals surface area contributed by atoms with Crippen LogP contribution in [0.2, 0.25) is 0 Å². The Hall–Kier alpha value is -4.87. The fourth-order valence-electron chi connectivity index (χ4n) is 7.09. The zero-order valence-corrected chi connectivity index (χ0v) is 36.9. The second kappa shape index (κ2) is 18.6. The molecular formula is C45H37Br2IrN6O3. The predicted octanol–water partition coefficient (Wildman–Crippen LogP) is 8.70. The van der Waals surface area contributed by atoms with Crippen LogP contribution >= 0.6 is 31.9 Å². The number of amides is 3. The Morgan fingerprint density at radius 2 is 1.12 bits per heavy atom. The van der Waals surface area contributed by atoms with Crippen molar-refractivity contribution in [1.29, 1.82) is 0 Å². The van der Waals surface area contributed by atoms with Crippen LogP contribution in [0.4, 0.5) is 0 Å². The molecule has 1 aliphatic carbocycles. The van der Waals surface area contributed by atoms with Crippen molar-refractivity contribution in [2.75, 3.05) is 21.1 Å². The van der Waals surface area contributed by atoms with Gasteiger partial charge in [-0.1, -0.05) is 66.7 Å². The number of halogens is 2. The van der Waals surface area contributed by atoms with Gasteiger partial charge in [-0.15, -0.1) is 89.5 Å². The van der Waals surface area contributed by atoms with Crippen LogP contribution in [0.1, 0.15) is 50.3 Å². The van der Waals surface area contributed by atoms with Gasteiger partial charge in [-0.2, -0.15) is 0 Å². The smallest absolute Gasteiger partial charge is 0.346 e. The van der Waals surface area contributed by atoms with E-state index >= 15 is 0 Å². The molecule has 0 bridgehead atoms. The second-order valence-corrected chi connectivity index (χ2v) is 15.5. The van der Waals surface area contributed by atoms with Gasteiger partial charge in [0.05, 0.1) is 5.56 Å². The van der Waals surface area contributed by atoms with Crippen LogP contribution in [0, 0.1) is 18.2 Å². The van der Waals surface area contributed by atoms with E-state index in [0.717, 1.165) is 28.1 Å². The molecule has 0 aliphatic heterocycles. The number of hydrogen-bond donors (Lipinski definition) is 0. The number of pyridine rings is 3. The first kappa shape index (κ1) is 41.8. The van der Waals surface area contributed by atoms with Crippen molar-refractivity contribution in [3.63, 3.8) is 0 Å². The maximum absolute atomic E-state index is 14.2. The standard InChI is InChI=1S/C45H37Br2N6O3.Ir/c1-51(43(54)31-17-15-30(16-18-31)40-13-7-9-21-48-40)33-24-34(52(2)44(55)36-20-19-32(23-38(36)46)41-14-8-10-22-49-41)26-35(25-33)53(3)45(56)37-28-50-42(27-39(37)47)29-11-5-4-6-12-29;/h4-11,13-15,17-18,20-23,27-28,33-35H,24-26H2,1-3H3;/q-3;+3. The Morgan fingerprint density at radius 3 is 1.65 bits per heavy atom. The third-order valence-corrected chi connectivity index (χ3v) is 11.7. The monoisotopic (exact) mass is 1060 g/mol. The molecule has 1 saturated carbocycles. The first-order chi connectivity index (χ1) is 27.1. The zero-order chi connectivity index (χ0) is 39.3.